The van der Waals surface area contributed by atoms with Crippen LogP contribution in [0.15, 0.2) is 82.6 Å². The van der Waals surface area contributed by atoms with E-state index >= 15 is 0 Å². The number of hydrogen-bond acceptors (Lipinski definition) is 7. The van der Waals surface area contributed by atoms with Crippen LogP contribution in [-0.2, 0) is 18.4 Å². The van der Waals surface area contributed by atoms with Crippen molar-refractivity contribution < 1.29 is 9.21 Å². The number of thioether (sulfide) groups is 1. The van der Waals surface area contributed by atoms with Gasteiger partial charge in [-0.05, 0) is 42.0 Å². The molecule has 4 aromatic rings. The van der Waals surface area contributed by atoms with E-state index in [0.29, 0.717) is 16.7 Å². The third-order valence-electron chi connectivity index (χ3n) is 6.05. The van der Waals surface area contributed by atoms with E-state index in [4.69, 9.17) is 4.42 Å². The van der Waals surface area contributed by atoms with Crippen LogP contribution < -0.4 is 10.2 Å². The number of carbonyl (C=O) groups is 1. The number of nitrogens with one attached hydrogen (secondary N) is 1. The maximum Gasteiger partial charge on any atom is 0.234 e. The van der Waals surface area contributed by atoms with Crippen LogP contribution in [0.2, 0.25) is 0 Å². The first-order valence-corrected chi connectivity index (χ1v) is 12.6. The van der Waals surface area contributed by atoms with Crippen molar-refractivity contribution in [2.45, 2.75) is 11.7 Å². The van der Waals surface area contributed by atoms with Crippen LogP contribution in [0.5, 0.6) is 0 Å². The minimum atomic E-state index is -0.0835. The second-order valence-electron chi connectivity index (χ2n) is 8.48. The van der Waals surface area contributed by atoms with Gasteiger partial charge in [0, 0.05) is 51.1 Å². The van der Waals surface area contributed by atoms with E-state index in [9.17, 15) is 4.79 Å². The molecule has 1 fully saturated rings. The molecule has 2 aromatic carbocycles. The second kappa shape index (κ2) is 10.8. The van der Waals surface area contributed by atoms with Crippen molar-refractivity contribution in [1.82, 2.24) is 19.7 Å². The van der Waals surface area contributed by atoms with Gasteiger partial charge in [-0.3, -0.25) is 9.69 Å². The smallest absolute Gasteiger partial charge is 0.234 e. The molecule has 1 aliphatic heterocycles. The first kappa shape index (κ1) is 23.2. The van der Waals surface area contributed by atoms with Crippen molar-refractivity contribution in [3.8, 4) is 11.6 Å². The monoisotopic (exact) mass is 488 g/mol. The molecule has 5 rings (SSSR count). The minimum Gasteiger partial charge on any atom is -0.461 e. The summed E-state index contributed by atoms with van der Waals surface area (Å²) in [6.45, 7) is 5.05. The molecule has 35 heavy (non-hydrogen) atoms. The number of benzene rings is 2. The maximum atomic E-state index is 12.5. The van der Waals surface area contributed by atoms with Gasteiger partial charge in [0.1, 0.15) is 0 Å². The van der Waals surface area contributed by atoms with E-state index in [0.717, 1.165) is 38.4 Å². The number of anilines is 2. The largest absolute Gasteiger partial charge is 0.461 e. The number of furan rings is 1. The third kappa shape index (κ3) is 5.75. The quantitative estimate of drug-likeness (QED) is 0.374. The number of carbonyl (C=O) groups excluding carboxylic acids is 1. The van der Waals surface area contributed by atoms with Gasteiger partial charge in [0.05, 0.1) is 12.0 Å². The molecule has 9 heteroatoms. The Morgan fingerprint density at radius 1 is 0.971 bits per heavy atom. The fourth-order valence-corrected chi connectivity index (χ4v) is 4.86. The Labute approximate surface area is 208 Å². The molecule has 0 bridgehead atoms. The predicted octanol–water partition coefficient (Wildman–Crippen LogP) is 4.13. The van der Waals surface area contributed by atoms with Gasteiger partial charge < -0.3 is 19.2 Å². The number of nitrogens with zero attached hydrogens (tertiary/aromatic N) is 5. The summed E-state index contributed by atoms with van der Waals surface area (Å²) < 4.78 is 7.21. The first-order valence-electron chi connectivity index (χ1n) is 11.6. The molecule has 3 heterocycles. The SMILES string of the molecule is Cn1c(SCC(=O)Nc2ccc(N3CCN(Cc4ccccc4)CC3)cc2)nnc1-c1ccco1. The van der Waals surface area contributed by atoms with Gasteiger partial charge in [0.2, 0.25) is 5.91 Å². The van der Waals surface area contributed by atoms with Crippen molar-refractivity contribution >= 4 is 29.0 Å². The van der Waals surface area contributed by atoms with Crippen LogP contribution in [0.4, 0.5) is 11.4 Å². The Bertz CT molecular complexity index is 1230. The molecule has 0 spiro atoms. The summed E-state index contributed by atoms with van der Waals surface area (Å²) in [6, 6.07) is 22.3. The minimum absolute atomic E-state index is 0.0835. The molecule has 0 aliphatic carbocycles. The molecule has 180 valence electrons. The highest BCUT2D eigenvalue weighted by Gasteiger charge is 2.18. The predicted molar refractivity (Wildman–Crippen MR) is 138 cm³/mol. The van der Waals surface area contributed by atoms with Crippen molar-refractivity contribution in [2.24, 2.45) is 7.05 Å². The van der Waals surface area contributed by atoms with Gasteiger partial charge in [-0.1, -0.05) is 42.1 Å². The zero-order chi connectivity index (χ0) is 24.0. The summed E-state index contributed by atoms with van der Waals surface area (Å²) in [5, 5.41) is 12.0. The third-order valence-corrected chi connectivity index (χ3v) is 7.07. The molecule has 0 saturated carbocycles. The zero-order valence-corrected chi connectivity index (χ0v) is 20.4. The highest BCUT2D eigenvalue weighted by Crippen LogP contribution is 2.24. The lowest BCUT2D eigenvalue weighted by Gasteiger charge is -2.36. The van der Waals surface area contributed by atoms with E-state index in [1.807, 2.05) is 35.9 Å². The van der Waals surface area contributed by atoms with Gasteiger partial charge in [-0.25, -0.2) is 0 Å². The average Bonchev–Trinajstić information content (AvgIpc) is 3.54. The van der Waals surface area contributed by atoms with Gasteiger partial charge in [0.15, 0.2) is 16.7 Å². The summed E-state index contributed by atoms with van der Waals surface area (Å²) in [6.07, 6.45) is 1.60. The van der Waals surface area contributed by atoms with Crippen molar-refractivity contribution in [3.05, 3.63) is 78.6 Å². The molecule has 0 unspecified atom stereocenters. The molecule has 8 nitrogen and oxygen atoms in total. The van der Waals surface area contributed by atoms with Gasteiger partial charge in [-0.2, -0.15) is 0 Å². The number of aromatic nitrogens is 3. The van der Waals surface area contributed by atoms with E-state index in [-0.39, 0.29) is 11.7 Å². The number of amides is 1. The Hall–Kier alpha value is -3.56. The normalized spacial score (nSPS) is 14.3. The molecule has 0 radical (unpaired) electrons. The number of hydrogen-bond donors (Lipinski definition) is 1. The molecular formula is C26H28N6O2S. The summed E-state index contributed by atoms with van der Waals surface area (Å²) >= 11 is 1.34. The maximum absolute atomic E-state index is 12.5. The molecule has 2 aromatic heterocycles. The van der Waals surface area contributed by atoms with Crippen molar-refractivity contribution in [3.63, 3.8) is 0 Å². The zero-order valence-electron chi connectivity index (χ0n) is 19.6. The van der Waals surface area contributed by atoms with E-state index in [2.05, 4.69) is 67.8 Å². The Kier molecular flexibility index (Phi) is 7.15. The van der Waals surface area contributed by atoms with Gasteiger partial charge in [0.25, 0.3) is 0 Å². The number of piperazine rings is 1. The molecule has 1 aliphatic rings. The Morgan fingerprint density at radius 3 is 2.46 bits per heavy atom. The van der Waals surface area contributed by atoms with E-state index < -0.39 is 0 Å². The number of rotatable bonds is 8. The molecular weight excluding hydrogens is 460 g/mol. The topological polar surface area (TPSA) is 79.4 Å². The standard InChI is InChI=1S/C26H28N6O2S/c1-30-25(23-8-5-17-34-23)28-29-26(30)35-19-24(33)27-21-9-11-22(12-10-21)32-15-13-31(14-16-32)18-20-6-3-2-4-7-20/h2-12,17H,13-16,18-19H2,1H3,(H,27,33). The van der Waals surface area contributed by atoms with Gasteiger partial charge in [-0.15, -0.1) is 10.2 Å². The van der Waals surface area contributed by atoms with E-state index in [1.165, 1.54) is 23.0 Å². The van der Waals surface area contributed by atoms with Crippen LogP contribution in [0.25, 0.3) is 11.6 Å². The molecule has 1 N–H and O–H groups in total. The Morgan fingerprint density at radius 2 is 1.74 bits per heavy atom. The van der Waals surface area contributed by atoms with E-state index in [1.54, 1.807) is 6.26 Å². The van der Waals surface area contributed by atoms with Crippen molar-refractivity contribution in [2.75, 3.05) is 42.1 Å². The van der Waals surface area contributed by atoms with Crippen LogP contribution >= 0.6 is 11.8 Å². The fourth-order valence-electron chi connectivity index (χ4n) is 4.15. The summed E-state index contributed by atoms with van der Waals surface area (Å²) in [4.78, 5) is 17.4. The highest BCUT2D eigenvalue weighted by atomic mass is 32.2. The summed E-state index contributed by atoms with van der Waals surface area (Å²) in [7, 11) is 1.86. The highest BCUT2D eigenvalue weighted by molar-refractivity contribution is 7.99. The lowest BCUT2D eigenvalue weighted by Crippen LogP contribution is -2.45. The lowest BCUT2D eigenvalue weighted by atomic mass is 10.2. The van der Waals surface area contributed by atoms with Crippen molar-refractivity contribution in [1.29, 1.82) is 0 Å². The molecule has 1 amide bonds. The lowest BCUT2D eigenvalue weighted by molar-refractivity contribution is -0.113. The average molecular weight is 489 g/mol. The fraction of sp³-hybridized carbons (Fsp3) is 0.269. The molecule has 1 saturated heterocycles. The van der Waals surface area contributed by atoms with Crippen LogP contribution in [0.1, 0.15) is 5.56 Å². The summed E-state index contributed by atoms with van der Waals surface area (Å²) in [5.74, 6) is 1.44. The van der Waals surface area contributed by atoms with Crippen LogP contribution in [0.3, 0.4) is 0 Å². The Balaban J connectivity index is 1.09. The second-order valence-corrected chi connectivity index (χ2v) is 9.42. The summed E-state index contributed by atoms with van der Waals surface area (Å²) in [5.41, 5.74) is 3.33. The van der Waals surface area contributed by atoms with Crippen LogP contribution in [0, 0.1) is 0 Å². The van der Waals surface area contributed by atoms with Crippen LogP contribution in [-0.4, -0.2) is 57.5 Å². The van der Waals surface area contributed by atoms with Gasteiger partial charge >= 0.3 is 0 Å². The molecule has 0 atom stereocenters. The first-order chi connectivity index (χ1) is 17.2.